The van der Waals surface area contributed by atoms with Crippen LogP contribution >= 0.6 is 0 Å². The number of aromatic nitrogens is 1. The molecule has 3 heteroatoms. The van der Waals surface area contributed by atoms with Gasteiger partial charge in [-0.05, 0) is 57.4 Å². The van der Waals surface area contributed by atoms with E-state index in [-0.39, 0.29) is 12.7 Å². The minimum atomic E-state index is 0.184. The molecule has 0 aliphatic rings. The largest absolute Gasteiger partial charge is 0.491 e. The molecule has 0 radical (unpaired) electrons. The van der Waals surface area contributed by atoms with Gasteiger partial charge in [-0.3, -0.25) is 0 Å². The van der Waals surface area contributed by atoms with Gasteiger partial charge in [-0.2, -0.15) is 0 Å². The number of aliphatic hydroxyl groups excluding tert-OH is 1. The lowest BCUT2D eigenvalue weighted by molar-refractivity contribution is 0.243. The SMILES string of the molecule is Cc1[nH]c2ccc(OC(C)C)cc2c1CCCO. The van der Waals surface area contributed by atoms with Gasteiger partial charge >= 0.3 is 0 Å². The van der Waals surface area contributed by atoms with Crippen LogP contribution in [-0.4, -0.2) is 22.8 Å². The van der Waals surface area contributed by atoms with Gasteiger partial charge in [0, 0.05) is 23.2 Å². The third-order valence-electron chi connectivity index (χ3n) is 3.05. The number of ether oxygens (including phenoxy) is 1. The molecule has 2 rings (SSSR count). The third-order valence-corrected chi connectivity index (χ3v) is 3.05. The van der Waals surface area contributed by atoms with Crippen LogP contribution in [0.4, 0.5) is 0 Å². The molecule has 0 saturated heterocycles. The monoisotopic (exact) mass is 247 g/mol. The Kier molecular flexibility index (Phi) is 3.92. The highest BCUT2D eigenvalue weighted by molar-refractivity contribution is 5.86. The van der Waals surface area contributed by atoms with Crippen LogP contribution < -0.4 is 4.74 Å². The van der Waals surface area contributed by atoms with Crippen LogP contribution in [0.1, 0.15) is 31.5 Å². The molecule has 98 valence electrons. The number of aromatic amines is 1. The fraction of sp³-hybridized carbons (Fsp3) is 0.467. The molecule has 1 aromatic carbocycles. The molecule has 0 atom stereocenters. The first kappa shape index (κ1) is 13.0. The lowest BCUT2D eigenvalue weighted by atomic mass is 10.1. The van der Waals surface area contributed by atoms with E-state index >= 15 is 0 Å². The van der Waals surface area contributed by atoms with E-state index in [1.165, 1.54) is 16.6 Å². The van der Waals surface area contributed by atoms with Gasteiger partial charge in [0.15, 0.2) is 0 Å². The summed E-state index contributed by atoms with van der Waals surface area (Å²) in [5, 5.41) is 10.2. The van der Waals surface area contributed by atoms with E-state index in [0.717, 1.165) is 24.1 Å². The summed E-state index contributed by atoms with van der Waals surface area (Å²) >= 11 is 0. The minimum absolute atomic E-state index is 0.184. The van der Waals surface area contributed by atoms with Crippen molar-refractivity contribution in [1.82, 2.24) is 4.98 Å². The summed E-state index contributed by atoms with van der Waals surface area (Å²) < 4.78 is 5.73. The predicted molar refractivity (Wildman–Crippen MR) is 74.2 cm³/mol. The van der Waals surface area contributed by atoms with Crippen LogP contribution in [0.15, 0.2) is 18.2 Å². The molecule has 0 amide bonds. The van der Waals surface area contributed by atoms with E-state index in [1.54, 1.807) is 0 Å². The maximum absolute atomic E-state index is 8.97. The number of fused-ring (bicyclic) bond motifs is 1. The third kappa shape index (κ3) is 2.67. The summed E-state index contributed by atoms with van der Waals surface area (Å²) in [4.78, 5) is 3.38. The van der Waals surface area contributed by atoms with Gasteiger partial charge in [-0.15, -0.1) is 0 Å². The molecule has 2 N–H and O–H groups in total. The van der Waals surface area contributed by atoms with E-state index in [1.807, 2.05) is 19.9 Å². The molecule has 0 unspecified atom stereocenters. The van der Waals surface area contributed by atoms with Crippen molar-refractivity contribution in [3.8, 4) is 5.75 Å². The highest BCUT2D eigenvalue weighted by Gasteiger charge is 2.09. The maximum Gasteiger partial charge on any atom is 0.120 e. The first-order valence-corrected chi connectivity index (χ1v) is 6.50. The van der Waals surface area contributed by atoms with Gasteiger partial charge < -0.3 is 14.8 Å². The zero-order chi connectivity index (χ0) is 13.1. The second kappa shape index (κ2) is 5.44. The fourth-order valence-electron chi connectivity index (χ4n) is 2.28. The van der Waals surface area contributed by atoms with Crippen molar-refractivity contribution in [3.05, 3.63) is 29.5 Å². The van der Waals surface area contributed by atoms with Crippen molar-refractivity contribution in [2.45, 2.75) is 39.7 Å². The Labute approximate surface area is 108 Å². The average Bonchev–Trinajstić information content (AvgIpc) is 2.61. The second-order valence-corrected chi connectivity index (χ2v) is 4.93. The molecule has 1 aromatic heterocycles. The Morgan fingerprint density at radius 3 is 2.78 bits per heavy atom. The van der Waals surface area contributed by atoms with Gasteiger partial charge in [0.05, 0.1) is 6.10 Å². The van der Waals surface area contributed by atoms with Crippen LogP contribution in [0.25, 0.3) is 10.9 Å². The van der Waals surface area contributed by atoms with Crippen LogP contribution in [0, 0.1) is 6.92 Å². The molecule has 0 fully saturated rings. The second-order valence-electron chi connectivity index (χ2n) is 4.93. The zero-order valence-electron chi connectivity index (χ0n) is 11.3. The number of hydrogen-bond donors (Lipinski definition) is 2. The zero-order valence-corrected chi connectivity index (χ0v) is 11.3. The Morgan fingerprint density at radius 1 is 1.33 bits per heavy atom. The fourth-order valence-corrected chi connectivity index (χ4v) is 2.28. The molecule has 2 aromatic rings. The van der Waals surface area contributed by atoms with E-state index in [4.69, 9.17) is 9.84 Å². The van der Waals surface area contributed by atoms with Crippen molar-refractivity contribution in [2.24, 2.45) is 0 Å². The smallest absolute Gasteiger partial charge is 0.120 e. The van der Waals surface area contributed by atoms with Crippen molar-refractivity contribution in [1.29, 1.82) is 0 Å². The highest BCUT2D eigenvalue weighted by Crippen LogP contribution is 2.27. The van der Waals surface area contributed by atoms with Crippen LogP contribution in [0.2, 0.25) is 0 Å². The average molecular weight is 247 g/mol. The van der Waals surface area contributed by atoms with Gasteiger partial charge in [0.1, 0.15) is 5.75 Å². The van der Waals surface area contributed by atoms with E-state index in [0.29, 0.717) is 0 Å². The number of aryl methyl sites for hydroxylation is 2. The summed E-state index contributed by atoms with van der Waals surface area (Å²) in [6.45, 7) is 6.36. The number of nitrogens with one attached hydrogen (secondary N) is 1. The molecular weight excluding hydrogens is 226 g/mol. The molecule has 0 spiro atoms. The quantitative estimate of drug-likeness (QED) is 0.852. The molecule has 0 aliphatic heterocycles. The van der Waals surface area contributed by atoms with E-state index in [9.17, 15) is 0 Å². The van der Waals surface area contributed by atoms with Crippen molar-refractivity contribution in [3.63, 3.8) is 0 Å². The highest BCUT2D eigenvalue weighted by atomic mass is 16.5. The number of benzene rings is 1. The summed E-state index contributed by atoms with van der Waals surface area (Å²) in [6.07, 6.45) is 1.87. The molecule has 0 saturated carbocycles. The summed E-state index contributed by atoms with van der Waals surface area (Å²) in [6, 6.07) is 6.14. The Morgan fingerprint density at radius 2 is 2.11 bits per heavy atom. The molecule has 1 heterocycles. The van der Waals surface area contributed by atoms with Gasteiger partial charge in [-0.25, -0.2) is 0 Å². The Balaban J connectivity index is 2.39. The lowest BCUT2D eigenvalue weighted by Gasteiger charge is -2.09. The number of hydrogen-bond acceptors (Lipinski definition) is 2. The molecular formula is C15H21NO2. The topological polar surface area (TPSA) is 45.2 Å². The van der Waals surface area contributed by atoms with Crippen molar-refractivity contribution >= 4 is 10.9 Å². The minimum Gasteiger partial charge on any atom is -0.491 e. The van der Waals surface area contributed by atoms with Crippen molar-refractivity contribution < 1.29 is 9.84 Å². The number of H-pyrrole nitrogens is 1. The van der Waals surface area contributed by atoms with E-state index in [2.05, 4.69) is 24.0 Å². The predicted octanol–water partition coefficient (Wildman–Crippen LogP) is 3.19. The normalized spacial score (nSPS) is 11.4. The Bertz CT molecular complexity index is 529. The van der Waals surface area contributed by atoms with Crippen molar-refractivity contribution in [2.75, 3.05) is 6.61 Å². The van der Waals surface area contributed by atoms with Crippen LogP contribution in [0.5, 0.6) is 5.75 Å². The van der Waals surface area contributed by atoms with Gasteiger partial charge in [-0.1, -0.05) is 0 Å². The lowest BCUT2D eigenvalue weighted by Crippen LogP contribution is -2.05. The van der Waals surface area contributed by atoms with E-state index < -0.39 is 0 Å². The van der Waals surface area contributed by atoms with Gasteiger partial charge in [0.25, 0.3) is 0 Å². The molecule has 3 nitrogen and oxygen atoms in total. The Hall–Kier alpha value is -1.48. The summed E-state index contributed by atoms with van der Waals surface area (Å²) in [5.74, 6) is 0.904. The maximum atomic E-state index is 8.97. The van der Waals surface area contributed by atoms with Gasteiger partial charge in [0.2, 0.25) is 0 Å². The molecule has 0 bridgehead atoms. The first-order chi connectivity index (χ1) is 8.61. The number of rotatable bonds is 5. The summed E-state index contributed by atoms with van der Waals surface area (Å²) in [7, 11) is 0. The molecule has 18 heavy (non-hydrogen) atoms. The summed E-state index contributed by atoms with van der Waals surface area (Å²) in [5.41, 5.74) is 3.60. The van der Waals surface area contributed by atoms with Crippen LogP contribution in [0.3, 0.4) is 0 Å². The first-order valence-electron chi connectivity index (χ1n) is 6.50. The standard InChI is InChI=1S/C15H21NO2/c1-10(2)18-12-6-7-15-14(9-12)13(5-4-8-17)11(3)16-15/h6-7,9-10,16-17H,4-5,8H2,1-3H3. The number of aliphatic hydroxyl groups is 1. The molecule has 0 aliphatic carbocycles. The van der Waals surface area contributed by atoms with Crippen LogP contribution in [-0.2, 0) is 6.42 Å².